The molecule has 0 unspecified atom stereocenters. The van der Waals surface area contributed by atoms with Crippen LogP contribution in [0.4, 0.5) is 14.3 Å². The Kier molecular flexibility index (Phi) is 5.69. The summed E-state index contributed by atoms with van der Waals surface area (Å²) in [6.07, 6.45) is 0.849. The molecule has 0 saturated carbocycles. The van der Waals surface area contributed by atoms with E-state index in [0.717, 1.165) is 16.9 Å². The van der Waals surface area contributed by atoms with Crippen LogP contribution < -0.4 is 5.32 Å². The molecule has 1 aliphatic heterocycles. The quantitative estimate of drug-likeness (QED) is 0.810. The third kappa shape index (κ3) is 4.67. The zero-order chi connectivity index (χ0) is 20.5. The molecule has 1 atom stereocenters. The van der Waals surface area contributed by atoms with Crippen LogP contribution in [-0.4, -0.2) is 40.1 Å². The highest BCUT2D eigenvalue weighted by atomic mass is 32.1. The normalized spacial score (nSPS) is 16.9. The Labute approximate surface area is 167 Å². The molecule has 3 rings (SSSR count). The van der Waals surface area contributed by atoms with Gasteiger partial charge in [0.1, 0.15) is 17.5 Å². The number of thiazole rings is 1. The largest absolute Gasteiger partial charge is 0.444 e. The first-order valence-corrected chi connectivity index (χ1v) is 9.99. The lowest BCUT2D eigenvalue weighted by Crippen LogP contribution is -2.45. The Bertz CT molecular complexity index is 874. The summed E-state index contributed by atoms with van der Waals surface area (Å²) in [5, 5.41) is 3.28. The van der Waals surface area contributed by atoms with Crippen LogP contribution in [0.15, 0.2) is 24.3 Å². The van der Waals surface area contributed by atoms with Crippen LogP contribution in [0.3, 0.4) is 0 Å². The minimum absolute atomic E-state index is 0.275. The summed E-state index contributed by atoms with van der Waals surface area (Å²) in [4.78, 5) is 32.0. The highest BCUT2D eigenvalue weighted by molar-refractivity contribution is 7.16. The molecular weight excluding hydrogens is 381 g/mol. The van der Waals surface area contributed by atoms with Crippen LogP contribution in [0.25, 0.3) is 11.3 Å². The lowest BCUT2D eigenvalue weighted by atomic mass is 10.1. The first-order chi connectivity index (χ1) is 13.1. The topological polar surface area (TPSA) is 71.5 Å². The molecule has 6 nitrogen and oxygen atoms in total. The average Bonchev–Trinajstić information content (AvgIpc) is 3.21. The summed E-state index contributed by atoms with van der Waals surface area (Å²) >= 11 is 1.35. The molecule has 0 radical (unpaired) electrons. The highest BCUT2D eigenvalue weighted by Crippen LogP contribution is 2.31. The Balaban J connectivity index is 1.71. The zero-order valence-corrected chi connectivity index (χ0v) is 17.2. The number of nitrogens with zero attached hydrogens (tertiary/aromatic N) is 2. The molecule has 28 heavy (non-hydrogen) atoms. The van der Waals surface area contributed by atoms with Crippen molar-refractivity contribution in [1.29, 1.82) is 0 Å². The van der Waals surface area contributed by atoms with Crippen LogP contribution in [0.5, 0.6) is 0 Å². The van der Waals surface area contributed by atoms with Crippen molar-refractivity contribution in [2.24, 2.45) is 0 Å². The van der Waals surface area contributed by atoms with Crippen molar-refractivity contribution >= 4 is 28.5 Å². The van der Waals surface area contributed by atoms with Gasteiger partial charge in [-0.05, 0) is 64.8 Å². The summed E-state index contributed by atoms with van der Waals surface area (Å²) in [5.74, 6) is -0.587. The molecule has 1 aromatic carbocycles. The van der Waals surface area contributed by atoms with Gasteiger partial charge in [-0.1, -0.05) is 0 Å². The number of halogens is 1. The van der Waals surface area contributed by atoms with E-state index in [1.54, 1.807) is 32.9 Å². The first kappa shape index (κ1) is 20.3. The molecule has 0 aliphatic carbocycles. The molecule has 8 heteroatoms. The number of anilines is 1. The maximum Gasteiger partial charge on any atom is 0.410 e. The molecule has 2 aromatic rings. The lowest BCUT2D eigenvalue weighted by Gasteiger charge is -2.27. The number of hydrogen-bond acceptors (Lipinski definition) is 5. The fraction of sp³-hybridized carbons (Fsp3) is 0.450. The molecule has 1 fully saturated rings. The average molecular weight is 405 g/mol. The van der Waals surface area contributed by atoms with Gasteiger partial charge in [-0.3, -0.25) is 9.69 Å². The number of carbonyl (C=O) groups excluding carboxylic acids is 2. The third-order valence-corrected chi connectivity index (χ3v) is 5.21. The summed E-state index contributed by atoms with van der Waals surface area (Å²) in [5.41, 5.74) is 0.875. The van der Waals surface area contributed by atoms with Gasteiger partial charge < -0.3 is 10.1 Å². The monoisotopic (exact) mass is 405 g/mol. The number of amides is 2. The van der Waals surface area contributed by atoms with Gasteiger partial charge in [0.05, 0.1) is 5.69 Å². The van der Waals surface area contributed by atoms with Gasteiger partial charge in [0, 0.05) is 17.0 Å². The minimum atomic E-state index is -0.614. The Hall–Kier alpha value is -2.48. The number of ether oxygens (including phenoxy) is 1. The van der Waals surface area contributed by atoms with E-state index in [1.807, 2.05) is 6.92 Å². The Morgan fingerprint density at radius 2 is 1.96 bits per heavy atom. The van der Waals surface area contributed by atoms with Crippen molar-refractivity contribution in [3.8, 4) is 11.3 Å². The van der Waals surface area contributed by atoms with Gasteiger partial charge >= 0.3 is 6.09 Å². The molecular formula is C20H24FN3O3S. The zero-order valence-electron chi connectivity index (χ0n) is 16.4. The van der Waals surface area contributed by atoms with Crippen LogP contribution in [0.1, 0.15) is 38.5 Å². The molecule has 150 valence electrons. The smallest absolute Gasteiger partial charge is 0.410 e. The Morgan fingerprint density at radius 3 is 2.61 bits per heavy atom. The van der Waals surface area contributed by atoms with Gasteiger partial charge in [0.2, 0.25) is 5.91 Å². The lowest BCUT2D eigenvalue weighted by molar-refractivity contribution is -0.120. The second kappa shape index (κ2) is 7.87. The summed E-state index contributed by atoms with van der Waals surface area (Å²) in [6, 6.07) is 5.50. The van der Waals surface area contributed by atoms with Gasteiger partial charge in [0.15, 0.2) is 5.13 Å². The summed E-state index contributed by atoms with van der Waals surface area (Å²) in [6.45, 7) is 7.78. The third-order valence-electron chi connectivity index (χ3n) is 4.33. The van der Waals surface area contributed by atoms with E-state index in [4.69, 9.17) is 4.74 Å². The standard InChI is InChI=1S/C20H24FN3O3S/c1-12-16(13-7-9-14(21)10-8-13)22-18(28-12)23-17(25)15-6-5-11-24(15)19(26)27-20(2,3)4/h7-10,15H,5-6,11H2,1-4H3,(H,22,23,25)/t15-/m0/s1. The number of aromatic nitrogens is 1. The number of aryl methyl sites for hydroxylation is 1. The van der Waals surface area contributed by atoms with Crippen molar-refractivity contribution < 1.29 is 18.7 Å². The van der Waals surface area contributed by atoms with E-state index in [0.29, 0.717) is 23.8 Å². The van der Waals surface area contributed by atoms with Crippen LogP contribution in [-0.2, 0) is 9.53 Å². The molecule has 2 amide bonds. The number of rotatable bonds is 3. The predicted molar refractivity (Wildman–Crippen MR) is 107 cm³/mol. The molecule has 1 N–H and O–H groups in total. The second-order valence-electron chi connectivity index (χ2n) is 7.75. The predicted octanol–water partition coefficient (Wildman–Crippen LogP) is 4.60. The van der Waals surface area contributed by atoms with Gasteiger partial charge in [0.25, 0.3) is 0 Å². The van der Waals surface area contributed by atoms with Crippen molar-refractivity contribution in [3.63, 3.8) is 0 Å². The number of nitrogens with one attached hydrogen (secondary N) is 1. The maximum atomic E-state index is 13.1. The van der Waals surface area contributed by atoms with E-state index in [9.17, 15) is 14.0 Å². The summed E-state index contributed by atoms with van der Waals surface area (Å²) < 4.78 is 18.5. The number of likely N-dealkylation sites (tertiary alicyclic amines) is 1. The van der Waals surface area contributed by atoms with Crippen molar-refractivity contribution in [2.45, 2.75) is 52.2 Å². The highest BCUT2D eigenvalue weighted by Gasteiger charge is 2.37. The van der Waals surface area contributed by atoms with Crippen LogP contribution in [0, 0.1) is 12.7 Å². The number of carbonyl (C=O) groups is 2. The minimum Gasteiger partial charge on any atom is -0.444 e. The van der Waals surface area contributed by atoms with Crippen LogP contribution >= 0.6 is 11.3 Å². The molecule has 0 spiro atoms. The first-order valence-electron chi connectivity index (χ1n) is 9.18. The van der Waals surface area contributed by atoms with Gasteiger partial charge in [-0.2, -0.15) is 0 Å². The summed E-state index contributed by atoms with van der Waals surface area (Å²) in [7, 11) is 0. The van der Waals surface area contributed by atoms with Crippen LogP contribution in [0.2, 0.25) is 0 Å². The van der Waals surface area contributed by atoms with E-state index >= 15 is 0 Å². The molecule has 1 saturated heterocycles. The molecule has 2 heterocycles. The van der Waals surface area contributed by atoms with E-state index in [-0.39, 0.29) is 11.7 Å². The Morgan fingerprint density at radius 1 is 1.29 bits per heavy atom. The second-order valence-corrected chi connectivity index (χ2v) is 8.95. The molecule has 1 aliphatic rings. The molecule has 1 aromatic heterocycles. The van der Waals surface area contributed by atoms with E-state index in [2.05, 4.69) is 10.3 Å². The SMILES string of the molecule is Cc1sc(NC(=O)[C@@H]2CCCN2C(=O)OC(C)(C)C)nc1-c1ccc(F)cc1. The molecule has 0 bridgehead atoms. The van der Waals surface area contributed by atoms with Crippen molar-refractivity contribution in [1.82, 2.24) is 9.88 Å². The van der Waals surface area contributed by atoms with Crippen molar-refractivity contribution in [3.05, 3.63) is 35.0 Å². The van der Waals surface area contributed by atoms with E-state index < -0.39 is 17.7 Å². The van der Waals surface area contributed by atoms with Crippen molar-refractivity contribution in [2.75, 3.05) is 11.9 Å². The maximum absolute atomic E-state index is 13.1. The van der Waals surface area contributed by atoms with E-state index in [1.165, 1.54) is 28.4 Å². The fourth-order valence-corrected chi connectivity index (χ4v) is 3.93. The fourth-order valence-electron chi connectivity index (χ4n) is 3.09. The van der Waals surface area contributed by atoms with Gasteiger partial charge in [-0.25, -0.2) is 14.2 Å². The number of hydrogen-bond donors (Lipinski definition) is 1. The number of benzene rings is 1. The van der Waals surface area contributed by atoms with Gasteiger partial charge in [-0.15, -0.1) is 11.3 Å².